The van der Waals surface area contributed by atoms with Crippen LogP contribution < -0.4 is 10.6 Å². The van der Waals surface area contributed by atoms with Gasteiger partial charge >= 0.3 is 5.97 Å². The molecule has 2 aromatic rings. The Morgan fingerprint density at radius 1 is 1.22 bits per heavy atom. The minimum atomic E-state index is -3.35. The van der Waals surface area contributed by atoms with Gasteiger partial charge in [0.1, 0.15) is 11.8 Å². The number of carboxylic acids is 1. The highest BCUT2D eigenvalue weighted by atomic mass is 35.5. The van der Waals surface area contributed by atoms with Crippen molar-refractivity contribution in [3.63, 3.8) is 0 Å². The number of halogens is 2. The van der Waals surface area contributed by atoms with Crippen LogP contribution in [0.4, 0.5) is 0 Å². The molecule has 0 saturated carbocycles. The second-order valence-electron chi connectivity index (χ2n) is 9.00. The first-order valence-electron chi connectivity index (χ1n) is 11.3. The van der Waals surface area contributed by atoms with E-state index in [-0.39, 0.29) is 40.2 Å². The van der Waals surface area contributed by atoms with Crippen molar-refractivity contribution in [3.05, 3.63) is 57.6 Å². The Morgan fingerprint density at radius 2 is 1.89 bits per heavy atom. The van der Waals surface area contributed by atoms with Crippen LogP contribution in [0.25, 0.3) is 0 Å². The molecule has 1 aliphatic heterocycles. The van der Waals surface area contributed by atoms with Crippen LogP contribution >= 0.6 is 31.1 Å². The number of carbonyl (C=O) groups excluding carboxylic acids is 1. The molecule has 3 rings (SSSR count). The average Bonchev–Trinajstić information content (AvgIpc) is 3.26. The van der Waals surface area contributed by atoms with Gasteiger partial charge in [0.15, 0.2) is 0 Å². The molecule has 0 spiro atoms. The number of benzene rings is 2. The number of carboxylic acid groups (broad SMARTS) is 1. The summed E-state index contributed by atoms with van der Waals surface area (Å²) in [5, 5.41) is 23.2. The van der Waals surface area contributed by atoms with Crippen molar-refractivity contribution < 1.29 is 28.2 Å². The zero-order valence-corrected chi connectivity index (χ0v) is 23.2. The van der Waals surface area contributed by atoms with Gasteiger partial charge in [-0.3, -0.25) is 4.79 Å². The Balaban J connectivity index is 1.65. The lowest BCUT2D eigenvalue weighted by Gasteiger charge is -2.20. The van der Waals surface area contributed by atoms with Crippen LogP contribution in [0.1, 0.15) is 28.8 Å². The zero-order valence-electron chi connectivity index (χ0n) is 19.9. The Kier molecular flexibility index (Phi) is 9.63. The summed E-state index contributed by atoms with van der Waals surface area (Å²) in [5.74, 6) is -1.87. The van der Waals surface area contributed by atoms with Gasteiger partial charge in [0, 0.05) is 13.1 Å². The van der Waals surface area contributed by atoms with E-state index >= 15 is 0 Å². The molecule has 3 atom stereocenters. The summed E-state index contributed by atoms with van der Waals surface area (Å²) in [7, 11) is -3.87. The molecule has 1 heterocycles. The van der Waals surface area contributed by atoms with Crippen molar-refractivity contribution in [2.75, 3.05) is 32.2 Å². The number of aryl methyl sites for hydroxylation is 1. The third kappa shape index (κ3) is 7.56. The van der Waals surface area contributed by atoms with Crippen LogP contribution in [0.2, 0.25) is 10.0 Å². The van der Waals surface area contributed by atoms with Gasteiger partial charge in [0.25, 0.3) is 5.91 Å². The first-order valence-corrected chi connectivity index (χ1v) is 15.9. The van der Waals surface area contributed by atoms with Crippen LogP contribution in [-0.2, 0) is 21.2 Å². The number of amides is 1. The van der Waals surface area contributed by atoms with E-state index in [1.54, 1.807) is 24.3 Å². The van der Waals surface area contributed by atoms with Crippen molar-refractivity contribution in [3.8, 4) is 5.75 Å². The quantitative estimate of drug-likeness (QED) is 0.373. The van der Waals surface area contributed by atoms with Crippen molar-refractivity contribution in [1.29, 1.82) is 0 Å². The number of hydrogen-bond acceptors (Lipinski definition) is 5. The molecule has 36 heavy (non-hydrogen) atoms. The van der Waals surface area contributed by atoms with E-state index < -0.39 is 35.9 Å². The largest absolute Gasteiger partial charge is 0.508 e. The van der Waals surface area contributed by atoms with E-state index in [0.29, 0.717) is 19.4 Å². The number of nitrogens with one attached hydrogen (secondary N) is 1. The van der Waals surface area contributed by atoms with Crippen LogP contribution in [-0.4, -0.2) is 73.0 Å². The van der Waals surface area contributed by atoms with Gasteiger partial charge < -0.3 is 15.5 Å². The molecule has 1 aliphatic rings. The monoisotopic (exact) mass is 574 g/mol. The van der Waals surface area contributed by atoms with Crippen LogP contribution in [0.15, 0.2) is 36.4 Å². The van der Waals surface area contributed by atoms with Gasteiger partial charge in [-0.2, -0.15) is 0 Å². The molecule has 2 aromatic carbocycles. The number of hydrogen-bond donors (Lipinski definition) is 3. The highest BCUT2D eigenvalue weighted by Crippen LogP contribution is 2.33. The fourth-order valence-electron chi connectivity index (χ4n) is 4.22. The second-order valence-corrected chi connectivity index (χ2v) is 14.2. The molecule has 0 aliphatic carbocycles. The standard InChI is InChI=1S/C24H29Cl2N2O6PS/c1-35(18-5-3-4-17(29)13-18)9-7-15-10-19(25)22(20(26)11-15)23(30)27-21(24(31)32)12-16-6-8-28(14-16)36(2,33)34/h3-5,10-11,13,16,21,29H,6-9,12,14H2,1-2H3,(H,27,30)(H,31,32). The number of aliphatic carboxylic acids is 1. The third-order valence-corrected chi connectivity index (χ3v) is 10.1. The second kappa shape index (κ2) is 12.1. The lowest BCUT2D eigenvalue weighted by Crippen LogP contribution is -2.42. The molecular formula is C24H29Cl2N2O6PS. The predicted octanol–water partition coefficient (Wildman–Crippen LogP) is 3.53. The zero-order chi connectivity index (χ0) is 26.6. The van der Waals surface area contributed by atoms with E-state index in [0.717, 1.165) is 23.3 Å². The van der Waals surface area contributed by atoms with Gasteiger partial charge in [-0.15, -0.1) is 0 Å². The minimum absolute atomic E-state index is 0.00395. The molecule has 0 radical (unpaired) electrons. The Morgan fingerprint density at radius 3 is 2.44 bits per heavy atom. The van der Waals surface area contributed by atoms with Gasteiger partial charge in [-0.05, 0) is 73.1 Å². The van der Waals surface area contributed by atoms with E-state index in [2.05, 4.69) is 12.0 Å². The number of rotatable bonds is 10. The highest BCUT2D eigenvalue weighted by Gasteiger charge is 2.33. The van der Waals surface area contributed by atoms with Gasteiger partial charge in [0.2, 0.25) is 10.0 Å². The van der Waals surface area contributed by atoms with Crippen molar-refractivity contribution in [2.24, 2.45) is 5.92 Å². The normalized spacial score (nSPS) is 18.1. The number of nitrogens with zero attached hydrogens (tertiary/aromatic N) is 1. The molecule has 12 heteroatoms. The number of phenolic OH excluding ortho intramolecular Hbond substituents is 1. The maximum Gasteiger partial charge on any atom is 0.326 e. The SMILES string of the molecule is CP(CCc1cc(Cl)c(C(=O)NC(CC2CCN(S(C)(=O)=O)C2)C(=O)O)c(Cl)c1)c1cccc(O)c1. The van der Waals surface area contributed by atoms with Crippen LogP contribution in [0, 0.1) is 5.92 Å². The Hall–Kier alpha value is -1.90. The van der Waals surface area contributed by atoms with Crippen molar-refractivity contribution >= 4 is 58.3 Å². The lowest BCUT2D eigenvalue weighted by molar-refractivity contribution is -0.139. The average molecular weight is 575 g/mol. The predicted molar refractivity (Wildman–Crippen MR) is 144 cm³/mol. The van der Waals surface area contributed by atoms with E-state index in [9.17, 15) is 28.2 Å². The molecule has 0 aromatic heterocycles. The maximum absolute atomic E-state index is 12.9. The van der Waals surface area contributed by atoms with Gasteiger partial charge in [-0.25, -0.2) is 17.5 Å². The molecule has 0 bridgehead atoms. The summed E-state index contributed by atoms with van der Waals surface area (Å²) in [6.45, 7) is 2.66. The summed E-state index contributed by atoms with van der Waals surface area (Å²) < 4.78 is 24.8. The number of aromatic hydroxyl groups is 1. The molecule has 1 saturated heterocycles. The lowest BCUT2D eigenvalue weighted by atomic mass is 9.98. The maximum atomic E-state index is 12.9. The minimum Gasteiger partial charge on any atom is -0.508 e. The number of carbonyl (C=O) groups is 2. The summed E-state index contributed by atoms with van der Waals surface area (Å²) >= 11 is 12.8. The fourth-order valence-corrected chi connectivity index (χ4v) is 7.39. The summed E-state index contributed by atoms with van der Waals surface area (Å²) in [6, 6.07) is 9.27. The third-order valence-electron chi connectivity index (χ3n) is 6.23. The Labute approximate surface area is 222 Å². The smallest absolute Gasteiger partial charge is 0.326 e. The topological polar surface area (TPSA) is 124 Å². The molecular weight excluding hydrogens is 546 g/mol. The summed E-state index contributed by atoms with van der Waals surface area (Å²) in [6.07, 6.45) is 3.22. The molecule has 3 unspecified atom stereocenters. The van der Waals surface area contributed by atoms with Crippen LogP contribution in [0.5, 0.6) is 5.75 Å². The summed E-state index contributed by atoms with van der Waals surface area (Å²) in [4.78, 5) is 24.7. The van der Waals surface area contributed by atoms with E-state index in [4.69, 9.17) is 23.2 Å². The molecule has 1 fully saturated rings. The first-order chi connectivity index (χ1) is 16.8. The van der Waals surface area contributed by atoms with E-state index in [1.165, 1.54) is 4.31 Å². The highest BCUT2D eigenvalue weighted by molar-refractivity contribution is 7.88. The number of phenols is 1. The number of sulfonamides is 1. The molecule has 3 N–H and O–H groups in total. The molecule has 8 nitrogen and oxygen atoms in total. The molecule has 1 amide bonds. The van der Waals surface area contributed by atoms with Gasteiger partial charge in [-0.1, -0.05) is 43.3 Å². The van der Waals surface area contributed by atoms with Crippen LogP contribution in [0.3, 0.4) is 0 Å². The Bertz CT molecular complexity index is 1220. The van der Waals surface area contributed by atoms with Crippen molar-refractivity contribution in [2.45, 2.75) is 25.3 Å². The fraction of sp³-hybridized carbons (Fsp3) is 0.417. The van der Waals surface area contributed by atoms with Gasteiger partial charge in [0.05, 0.1) is 21.9 Å². The molecule has 196 valence electrons. The summed E-state index contributed by atoms with van der Waals surface area (Å²) in [5.41, 5.74) is 0.849. The van der Waals surface area contributed by atoms with E-state index in [1.807, 2.05) is 12.1 Å². The first kappa shape index (κ1) is 28.7. The van der Waals surface area contributed by atoms with Crippen molar-refractivity contribution in [1.82, 2.24) is 9.62 Å².